The molecule has 4 rings (SSSR count). The van der Waals surface area contributed by atoms with Crippen LogP contribution in [0, 0.1) is 5.92 Å². The van der Waals surface area contributed by atoms with E-state index < -0.39 is 5.91 Å². The Balaban J connectivity index is 1.76. The molecule has 5 heteroatoms. The third kappa shape index (κ3) is 3.05. The van der Waals surface area contributed by atoms with E-state index >= 15 is 0 Å². The van der Waals surface area contributed by atoms with Gasteiger partial charge in [0.05, 0.1) is 0 Å². The van der Waals surface area contributed by atoms with Crippen molar-refractivity contribution in [3.8, 4) is 11.3 Å². The van der Waals surface area contributed by atoms with Crippen LogP contribution in [0.15, 0.2) is 42.5 Å². The number of primary amides is 1. The zero-order valence-electron chi connectivity index (χ0n) is 14.8. The summed E-state index contributed by atoms with van der Waals surface area (Å²) >= 11 is 0. The van der Waals surface area contributed by atoms with E-state index in [9.17, 15) is 4.79 Å². The van der Waals surface area contributed by atoms with Gasteiger partial charge in [-0.25, -0.2) is 4.68 Å². The summed E-state index contributed by atoms with van der Waals surface area (Å²) in [6, 6.07) is 14.2. The highest BCUT2D eigenvalue weighted by Crippen LogP contribution is 2.31. The molecule has 0 radical (unpaired) electrons. The zero-order valence-corrected chi connectivity index (χ0v) is 14.8. The lowest BCUT2D eigenvalue weighted by Crippen LogP contribution is -2.18. The first-order valence-corrected chi connectivity index (χ1v) is 9.29. The van der Waals surface area contributed by atoms with Gasteiger partial charge in [0.2, 0.25) is 0 Å². The first kappa shape index (κ1) is 16.6. The van der Waals surface area contributed by atoms with Gasteiger partial charge in [-0.1, -0.05) is 55.7 Å². The van der Waals surface area contributed by atoms with Crippen molar-refractivity contribution < 1.29 is 4.79 Å². The molecule has 26 heavy (non-hydrogen) atoms. The van der Waals surface area contributed by atoms with Crippen molar-refractivity contribution >= 4 is 22.5 Å². The minimum Gasteiger partial charge on any atom is -0.383 e. The number of anilines is 1. The molecule has 3 aromatic rings. The number of hydrogen-bond acceptors (Lipinski definition) is 3. The average molecular weight is 348 g/mol. The van der Waals surface area contributed by atoms with Crippen LogP contribution >= 0.6 is 0 Å². The van der Waals surface area contributed by atoms with Crippen LogP contribution in [0.1, 0.15) is 42.5 Å². The van der Waals surface area contributed by atoms with Crippen molar-refractivity contribution in [3.63, 3.8) is 0 Å². The molecule has 1 aliphatic carbocycles. The zero-order chi connectivity index (χ0) is 18.1. The largest absolute Gasteiger partial charge is 0.383 e. The molecule has 5 nitrogen and oxygen atoms in total. The number of carbonyl (C=O) groups excluding carboxylic acids is 1. The Bertz CT molecular complexity index is 954. The number of nitrogen functional groups attached to an aromatic ring is 1. The van der Waals surface area contributed by atoms with Crippen LogP contribution in [0.3, 0.4) is 0 Å². The Morgan fingerprint density at radius 3 is 2.54 bits per heavy atom. The number of carbonyl (C=O) groups is 1. The lowest BCUT2D eigenvalue weighted by molar-refractivity contribution is 0.100. The molecule has 1 aromatic heterocycles. The highest BCUT2D eigenvalue weighted by molar-refractivity contribution is 6.04. The smallest absolute Gasteiger partial charge is 0.254 e. The van der Waals surface area contributed by atoms with Crippen molar-refractivity contribution in [2.24, 2.45) is 11.7 Å². The van der Waals surface area contributed by atoms with Crippen LogP contribution in [-0.4, -0.2) is 15.7 Å². The predicted octanol–water partition coefficient (Wildman–Crippen LogP) is 3.96. The number of benzene rings is 2. The lowest BCUT2D eigenvalue weighted by atomic mass is 9.89. The van der Waals surface area contributed by atoms with E-state index in [0.717, 1.165) is 22.9 Å². The second kappa shape index (κ2) is 6.83. The highest BCUT2D eigenvalue weighted by Gasteiger charge is 2.23. The number of fused-ring (bicyclic) bond motifs is 1. The maximum atomic E-state index is 12.1. The summed E-state index contributed by atoms with van der Waals surface area (Å²) in [5.74, 6) is 0.419. The molecular formula is C21H24N4O. The summed E-state index contributed by atoms with van der Waals surface area (Å²) < 4.78 is 1.78. The monoisotopic (exact) mass is 348 g/mol. The maximum Gasteiger partial charge on any atom is 0.254 e. The van der Waals surface area contributed by atoms with E-state index in [-0.39, 0.29) is 0 Å². The van der Waals surface area contributed by atoms with E-state index in [1.807, 2.05) is 36.4 Å². The average Bonchev–Trinajstić information content (AvgIpc) is 2.99. The van der Waals surface area contributed by atoms with Gasteiger partial charge < -0.3 is 11.5 Å². The Labute approximate surface area is 153 Å². The first-order valence-electron chi connectivity index (χ1n) is 9.29. The number of nitrogens with zero attached hydrogens (tertiary/aromatic N) is 2. The van der Waals surface area contributed by atoms with Gasteiger partial charge >= 0.3 is 0 Å². The normalized spacial score (nSPS) is 15.4. The van der Waals surface area contributed by atoms with E-state index in [4.69, 9.17) is 16.6 Å². The van der Waals surface area contributed by atoms with Crippen LogP contribution < -0.4 is 11.5 Å². The summed E-state index contributed by atoms with van der Waals surface area (Å²) in [5.41, 5.74) is 13.7. The molecule has 0 bridgehead atoms. The van der Waals surface area contributed by atoms with Crippen molar-refractivity contribution in [2.75, 3.05) is 5.73 Å². The third-order valence-corrected chi connectivity index (χ3v) is 5.42. The lowest BCUT2D eigenvalue weighted by Gasteiger charge is -2.21. The molecule has 0 spiro atoms. The van der Waals surface area contributed by atoms with Crippen molar-refractivity contribution in [2.45, 2.75) is 38.6 Å². The quantitative estimate of drug-likeness (QED) is 0.748. The fourth-order valence-electron chi connectivity index (χ4n) is 4.01. The van der Waals surface area contributed by atoms with Gasteiger partial charge in [0.1, 0.15) is 17.1 Å². The number of nitrogens with two attached hydrogens (primary N) is 2. The standard InChI is InChI=1S/C21H24N4O/c22-20-18(21(23)26)19(24-25(20)13-14-6-2-1-3-7-14)17-11-10-15-8-4-5-9-16(15)12-17/h4-5,8-12,14H,1-3,6-7,13,22H2,(H2,23,26). The Morgan fingerprint density at radius 1 is 1.08 bits per heavy atom. The molecule has 1 aliphatic rings. The van der Waals surface area contributed by atoms with E-state index in [2.05, 4.69) is 6.07 Å². The van der Waals surface area contributed by atoms with Crippen LogP contribution in [0.4, 0.5) is 5.82 Å². The molecule has 0 atom stereocenters. The Kier molecular flexibility index (Phi) is 4.37. The second-order valence-corrected chi connectivity index (χ2v) is 7.22. The van der Waals surface area contributed by atoms with Gasteiger partial charge in [-0.15, -0.1) is 0 Å². The van der Waals surface area contributed by atoms with E-state index in [1.54, 1.807) is 4.68 Å². The van der Waals surface area contributed by atoms with Crippen LogP contribution in [0.5, 0.6) is 0 Å². The van der Waals surface area contributed by atoms with Crippen LogP contribution in [0.25, 0.3) is 22.0 Å². The van der Waals surface area contributed by atoms with Crippen molar-refractivity contribution in [1.82, 2.24) is 9.78 Å². The van der Waals surface area contributed by atoms with E-state index in [0.29, 0.717) is 23.0 Å². The fourth-order valence-corrected chi connectivity index (χ4v) is 4.01. The molecule has 1 saturated carbocycles. The topological polar surface area (TPSA) is 86.9 Å². The Hall–Kier alpha value is -2.82. The third-order valence-electron chi connectivity index (χ3n) is 5.42. The van der Waals surface area contributed by atoms with Gasteiger partial charge in [0.25, 0.3) is 5.91 Å². The summed E-state index contributed by atoms with van der Waals surface area (Å²) in [7, 11) is 0. The molecule has 1 fully saturated rings. The molecule has 1 amide bonds. The minimum atomic E-state index is -0.527. The van der Waals surface area contributed by atoms with E-state index in [1.165, 1.54) is 32.1 Å². The van der Waals surface area contributed by atoms with Crippen molar-refractivity contribution in [1.29, 1.82) is 0 Å². The molecule has 4 N–H and O–H groups in total. The number of rotatable bonds is 4. The van der Waals surface area contributed by atoms with Gasteiger partial charge in [-0.2, -0.15) is 5.10 Å². The number of hydrogen-bond donors (Lipinski definition) is 2. The SMILES string of the molecule is NC(=O)c1c(-c2ccc3ccccc3c2)nn(CC2CCCCC2)c1N. The van der Waals surface area contributed by atoms with Crippen LogP contribution in [-0.2, 0) is 6.54 Å². The highest BCUT2D eigenvalue weighted by atomic mass is 16.1. The molecule has 1 heterocycles. The summed E-state index contributed by atoms with van der Waals surface area (Å²) in [4.78, 5) is 12.1. The Morgan fingerprint density at radius 2 is 1.81 bits per heavy atom. The molecule has 0 unspecified atom stereocenters. The first-order chi connectivity index (χ1) is 12.6. The van der Waals surface area contributed by atoms with Crippen molar-refractivity contribution in [3.05, 3.63) is 48.0 Å². The second-order valence-electron chi connectivity index (χ2n) is 7.22. The number of aromatic nitrogens is 2. The molecule has 0 aliphatic heterocycles. The predicted molar refractivity (Wildman–Crippen MR) is 105 cm³/mol. The fraction of sp³-hybridized carbons (Fsp3) is 0.333. The maximum absolute atomic E-state index is 12.1. The van der Waals surface area contributed by atoms with Gasteiger partial charge in [-0.05, 0) is 35.6 Å². The van der Waals surface area contributed by atoms with Gasteiger partial charge in [-0.3, -0.25) is 4.79 Å². The summed E-state index contributed by atoms with van der Waals surface area (Å²) in [6.07, 6.45) is 6.20. The van der Waals surface area contributed by atoms with Gasteiger partial charge in [0, 0.05) is 12.1 Å². The molecule has 134 valence electrons. The summed E-state index contributed by atoms with van der Waals surface area (Å²) in [5, 5.41) is 6.94. The molecular weight excluding hydrogens is 324 g/mol. The molecule has 2 aromatic carbocycles. The molecule has 0 saturated heterocycles. The van der Waals surface area contributed by atoms with Gasteiger partial charge in [0.15, 0.2) is 0 Å². The van der Waals surface area contributed by atoms with Crippen LogP contribution in [0.2, 0.25) is 0 Å². The number of amides is 1. The minimum absolute atomic E-state index is 0.330. The summed E-state index contributed by atoms with van der Waals surface area (Å²) in [6.45, 7) is 0.750.